The van der Waals surface area contributed by atoms with Gasteiger partial charge in [0.1, 0.15) is 0 Å². The fraction of sp³-hybridized carbons (Fsp3) is 0.238. The molecule has 1 aromatic heterocycles. The van der Waals surface area contributed by atoms with Crippen molar-refractivity contribution >= 4 is 44.2 Å². The van der Waals surface area contributed by atoms with Crippen LogP contribution in [0, 0.1) is 0 Å². The summed E-state index contributed by atoms with van der Waals surface area (Å²) in [5, 5.41) is 7.48. The number of carbonyl (C=O) groups excluding carboxylic acids is 1. The van der Waals surface area contributed by atoms with E-state index in [4.69, 9.17) is 0 Å². The topological polar surface area (TPSA) is 57.3 Å². The van der Waals surface area contributed by atoms with E-state index in [1.807, 2.05) is 24.1 Å². The molecule has 0 atom stereocenters. The van der Waals surface area contributed by atoms with Gasteiger partial charge in [0.25, 0.3) is 0 Å². The number of pyridine rings is 1. The number of halogens is 1. The molecule has 4 rings (SSSR count). The molecule has 0 bridgehead atoms. The van der Waals surface area contributed by atoms with E-state index in [9.17, 15) is 4.79 Å². The number of anilines is 2. The first-order chi connectivity index (χ1) is 13.2. The van der Waals surface area contributed by atoms with Crippen molar-refractivity contribution in [2.24, 2.45) is 0 Å². The zero-order valence-corrected chi connectivity index (χ0v) is 16.7. The monoisotopic (exact) mass is 424 g/mol. The van der Waals surface area contributed by atoms with Crippen LogP contribution in [0.25, 0.3) is 10.9 Å². The van der Waals surface area contributed by atoms with Gasteiger partial charge in [0.2, 0.25) is 0 Å². The second-order valence-corrected chi connectivity index (χ2v) is 7.49. The highest BCUT2D eigenvalue weighted by atomic mass is 79.9. The SMILES string of the molecule is CCNC(=O)N1CCc2ccc(NCc3cc(Br)cc4cccnc34)cc21. The molecule has 0 aliphatic carbocycles. The lowest BCUT2D eigenvalue weighted by molar-refractivity contribution is 0.247. The normalized spacial score (nSPS) is 12.9. The average Bonchev–Trinajstić information content (AvgIpc) is 3.09. The number of nitrogens with zero attached hydrogens (tertiary/aromatic N) is 2. The van der Waals surface area contributed by atoms with Gasteiger partial charge in [-0.2, -0.15) is 0 Å². The lowest BCUT2D eigenvalue weighted by Crippen LogP contribution is -2.38. The molecule has 0 unspecified atom stereocenters. The van der Waals surface area contributed by atoms with Gasteiger partial charge in [-0.25, -0.2) is 4.79 Å². The Balaban J connectivity index is 1.57. The molecule has 0 saturated carbocycles. The van der Waals surface area contributed by atoms with Gasteiger partial charge in [-0.05, 0) is 54.8 Å². The highest BCUT2D eigenvalue weighted by Gasteiger charge is 2.24. The van der Waals surface area contributed by atoms with Crippen LogP contribution in [-0.2, 0) is 13.0 Å². The first-order valence-corrected chi connectivity index (χ1v) is 9.90. The van der Waals surface area contributed by atoms with Crippen LogP contribution in [0.4, 0.5) is 16.2 Å². The lowest BCUT2D eigenvalue weighted by Gasteiger charge is -2.18. The van der Waals surface area contributed by atoms with E-state index in [2.05, 4.69) is 67.9 Å². The maximum Gasteiger partial charge on any atom is 0.321 e. The third-order valence-corrected chi connectivity index (χ3v) is 5.24. The van der Waals surface area contributed by atoms with Crippen LogP contribution >= 0.6 is 15.9 Å². The molecule has 1 aliphatic rings. The van der Waals surface area contributed by atoms with Gasteiger partial charge >= 0.3 is 6.03 Å². The van der Waals surface area contributed by atoms with Crippen molar-refractivity contribution in [2.75, 3.05) is 23.3 Å². The van der Waals surface area contributed by atoms with Crippen molar-refractivity contribution < 1.29 is 4.79 Å². The van der Waals surface area contributed by atoms with Crippen LogP contribution in [0.1, 0.15) is 18.1 Å². The van der Waals surface area contributed by atoms with Crippen LogP contribution < -0.4 is 15.5 Å². The Morgan fingerprint density at radius 2 is 2.15 bits per heavy atom. The first-order valence-electron chi connectivity index (χ1n) is 9.11. The fourth-order valence-electron chi connectivity index (χ4n) is 3.51. The molecule has 2 amide bonds. The number of fused-ring (bicyclic) bond motifs is 2. The van der Waals surface area contributed by atoms with Gasteiger partial charge in [0.15, 0.2) is 0 Å². The Bertz CT molecular complexity index is 1000. The molecule has 138 valence electrons. The third-order valence-electron chi connectivity index (χ3n) is 4.79. The van der Waals surface area contributed by atoms with E-state index in [1.54, 1.807) is 0 Å². The van der Waals surface area contributed by atoms with Gasteiger partial charge in [0, 0.05) is 41.4 Å². The minimum absolute atomic E-state index is 0.0319. The number of hydrogen-bond acceptors (Lipinski definition) is 3. The van der Waals surface area contributed by atoms with Gasteiger partial charge in [-0.1, -0.05) is 28.1 Å². The molecule has 27 heavy (non-hydrogen) atoms. The third kappa shape index (κ3) is 3.62. The van der Waals surface area contributed by atoms with Crippen LogP contribution in [-0.4, -0.2) is 24.1 Å². The highest BCUT2D eigenvalue weighted by Crippen LogP contribution is 2.31. The van der Waals surface area contributed by atoms with Gasteiger partial charge in [-0.15, -0.1) is 0 Å². The Morgan fingerprint density at radius 3 is 3.00 bits per heavy atom. The number of rotatable bonds is 4. The second-order valence-electron chi connectivity index (χ2n) is 6.57. The molecule has 3 aromatic rings. The summed E-state index contributed by atoms with van der Waals surface area (Å²) >= 11 is 3.58. The summed E-state index contributed by atoms with van der Waals surface area (Å²) in [6.07, 6.45) is 2.71. The maximum atomic E-state index is 12.3. The van der Waals surface area contributed by atoms with E-state index >= 15 is 0 Å². The number of aromatic nitrogens is 1. The van der Waals surface area contributed by atoms with E-state index in [0.29, 0.717) is 13.1 Å². The van der Waals surface area contributed by atoms with Crippen LogP contribution in [0.15, 0.2) is 53.1 Å². The largest absolute Gasteiger partial charge is 0.381 e. The fourth-order valence-corrected chi connectivity index (χ4v) is 4.03. The van der Waals surface area contributed by atoms with Crippen molar-refractivity contribution in [3.8, 4) is 0 Å². The molecule has 0 saturated heterocycles. The quantitative estimate of drug-likeness (QED) is 0.637. The van der Waals surface area contributed by atoms with Gasteiger partial charge in [-0.3, -0.25) is 9.88 Å². The summed E-state index contributed by atoms with van der Waals surface area (Å²) in [6, 6.07) is 14.4. The first kappa shape index (κ1) is 17.8. The van der Waals surface area contributed by atoms with E-state index in [-0.39, 0.29) is 6.03 Å². The Kier molecular flexibility index (Phi) is 4.99. The number of nitrogens with one attached hydrogen (secondary N) is 2. The summed E-state index contributed by atoms with van der Waals surface area (Å²) in [5.41, 5.74) is 5.32. The molecule has 0 fully saturated rings. The molecule has 0 spiro atoms. The number of carbonyl (C=O) groups is 1. The molecule has 2 N–H and O–H groups in total. The number of urea groups is 1. The molecule has 1 aliphatic heterocycles. The number of hydrogen-bond donors (Lipinski definition) is 2. The minimum Gasteiger partial charge on any atom is -0.381 e. The van der Waals surface area contributed by atoms with Crippen molar-refractivity contribution in [3.63, 3.8) is 0 Å². The zero-order valence-electron chi connectivity index (χ0n) is 15.1. The molecule has 2 heterocycles. The standard InChI is InChI=1S/C21H21BrN4O/c1-2-23-21(27)26-9-7-14-5-6-18(12-19(14)26)25-13-16-11-17(22)10-15-4-3-8-24-20(15)16/h3-6,8,10-12,25H,2,7,9,13H2,1H3,(H,23,27). The van der Waals surface area contributed by atoms with Gasteiger partial charge in [0.05, 0.1) is 11.2 Å². The molecule has 2 aromatic carbocycles. The van der Waals surface area contributed by atoms with E-state index in [1.165, 1.54) is 5.56 Å². The molecule has 0 radical (unpaired) electrons. The van der Waals surface area contributed by atoms with Crippen molar-refractivity contribution in [2.45, 2.75) is 19.9 Å². The van der Waals surface area contributed by atoms with Crippen molar-refractivity contribution in [3.05, 3.63) is 64.3 Å². The van der Waals surface area contributed by atoms with Crippen LogP contribution in [0.2, 0.25) is 0 Å². The zero-order chi connectivity index (χ0) is 18.8. The summed E-state index contributed by atoms with van der Waals surface area (Å²) in [7, 11) is 0. The van der Waals surface area contributed by atoms with Crippen LogP contribution in [0.5, 0.6) is 0 Å². The molecular formula is C21H21BrN4O. The molecular weight excluding hydrogens is 404 g/mol. The summed E-state index contributed by atoms with van der Waals surface area (Å²) < 4.78 is 1.04. The van der Waals surface area contributed by atoms with E-state index < -0.39 is 0 Å². The van der Waals surface area contributed by atoms with Crippen molar-refractivity contribution in [1.29, 1.82) is 0 Å². The van der Waals surface area contributed by atoms with E-state index in [0.717, 1.165) is 45.3 Å². The Morgan fingerprint density at radius 1 is 1.26 bits per heavy atom. The van der Waals surface area contributed by atoms with Crippen molar-refractivity contribution in [1.82, 2.24) is 10.3 Å². The van der Waals surface area contributed by atoms with Crippen LogP contribution in [0.3, 0.4) is 0 Å². The lowest BCUT2D eigenvalue weighted by atomic mass is 10.1. The second kappa shape index (κ2) is 7.56. The summed E-state index contributed by atoms with van der Waals surface area (Å²) in [6.45, 7) is 3.95. The predicted molar refractivity (Wildman–Crippen MR) is 113 cm³/mol. The summed E-state index contributed by atoms with van der Waals surface area (Å²) in [5.74, 6) is 0. The highest BCUT2D eigenvalue weighted by molar-refractivity contribution is 9.10. The average molecular weight is 425 g/mol. The minimum atomic E-state index is -0.0319. The Hall–Kier alpha value is -2.60. The number of benzene rings is 2. The molecule has 6 heteroatoms. The maximum absolute atomic E-state index is 12.3. The number of amides is 2. The summed E-state index contributed by atoms with van der Waals surface area (Å²) in [4.78, 5) is 18.6. The predicted octanol–water partition coefficient (Wildman–Crippen LogP) is 4.70. The molecule has 5 nitrogen and oxygen atoms in total. The Labute approximate surface area is 166 Å². The van der Waals surface area contributed by atoms with Gasteiger partial charge < -0.3 is 10.6 Å². The smallest absolute Gasteiger partial charge is 0.321 e.